The summed E-state index contributed by atoms with van der Waals surface area (Å²) in [6.07, 6.45) is -2.81. The van der Waals surface area contributed by atoms with Crippen molar-refractivity contribution in [1.29, 1.82) is 0 Å². The summed E-state index contributed by atoms with van der Waals surface area (Å²) in [6.45, 7) is 3.59. The third-order valence-electron chi connectivity index (χ3n) is 3.91. The maximum Gasteiger partial charge on any atom is 0.416 e. The minimum absolute atomic E-state index is 0.0416. The van der Waals surface area contributed by atoms with Crippen LogP contribution in [0.4, 0.5) is 13.2 Å². The highest BCUT2D eigenvalue weighted by atomic mass is 19.4. The monoisotopic (exact) mass is 348 g/mol. The molecule has 0 spiro atoms. The zero-order valence-electron chi connectivity index (χ0n) is 13.6. The van der Waals surface area contributed by atoms with Gasteiger partial charge in [0.2, 0.25) is 0 Å². The summed E-state index contributed by atoms with van der Waals surface area (Å²) < 4.78 is 45.0. The Morgan fingerprint density at radius 2 is 1.92 bits per heavy atom. The van der Waals surface area contributed by atoms with E-state index in [-0.39, 0.29) is 12.1 Å². The number of rotatable bonds is 3. The smallest absolute Gasteiger partial charge is 0.361 e. The molecule has 130 valence electrons. The summed E-state index contributed by atoms with van der Waals surface area (Å²) in [7, 11) is 0. The van der Waals surface area contributed by atoms with Crippen LogP contribution < -0.4 is 5.56 Å². The molecular formula is C18H15F3N2O2. The summed E-state index contributed by atoms with van der Waals surface area (Å²) >= 11 is 0. The standard InChI is InChI=1S/C18H15F3N2O2/c1-11-17(12(2)25-22-11)14-6-7-16(24)23(10-14)9-13-4-3-5-15(8-13)18(19,20)21/h3-8,10H,9H2,1-2H3. The van der Waals surface area contributed by atoms with E-state index in [1.165, 1.54) is 16.7 Å². The molecule has 25 heavy (non-hydrogen) atoms. The van der Waals surface area contributed by atoms with Crippen LogP contribution in [0.2, 0.25) is 0 Å². The fourth-order valence-electron chi connectivity index (χ4n) is 2.74. The normalized spacial score (nSPS) is 11.7. The van der Waals surface area contributed by atoms with Gasteiger partial charge in [0.15, 0.2) is 0 Å². The molecule has 0 unspecified atom stereocenters. The highest BCUT2D eigenvalue weighted by Crippen LogP contribution is 2.30. The molecule has 0 atom stereocenters. The van der Waals surface area contributed by atoms with Gasteiger partial charge < -0.3 is 9.09 Å². The van der Waals surface area contributed by atoms with E-state index in [9.17, 15) is 18.0 Å². The molecule has 2 aromatic heterocycles. The van der Waals surface area contributed by atoms with Crippen molar-refractivity contribution in [2.45, 2.75) is 26.6 Å². The lowest BCUT2D eigenvalue weighted by Crippen LogP contribution is -2.19. The molecule has 7 heteroatoms. The van der Waals surface area contributed by atoms with Crippen molar-refractivity contribution in [1.82, 2.24) is 9.72 Å². The molecule has 0 aliphatic heterocycles. The van der Waals surface area contributed by atoms with Crippen LogP contribution in [-0.2, 0) is 12.7 Å². The minimum Gasteiger partial charge on any atom is -0.361 e. The first-order valence-corrected chi connectivity index (χ1v) is 7.55. The van der Waals surface area contributed by atoms with E-state index in [1.807, 2.05) is 0 Å². The van der Waals surface area contributed by atoms with Gasteiger partial charge in [-0.3, -0.25) is 4.79 Å². The molecule has 0 aliphatic rings. The van der Waals surface area contributed by atoms with Gasteiger partial charge in [0.05, 0.1) is 17.8 Å². The lowest BCUT2D eigenvalue weighted by Gasteiger charge is -2.11. The molecule has 3 rings (SSSR count). The van der Waals surface area contributed by atoms with Crippen LogP contribution in [0.5, 0.6) is 0 Å². The van der Waals surface area contributed by atoms with Crippen LogP contribution in [0.15, 0.2) is 51.9 Å². The number of hydrogen-bond acceptors (Lipinski definition) is 3. The Hall–Kier alpha value is -2.83. The van der Waals surface area contributed by atoms with Gasteiger partial charge in [-0.05, 0) is 37.6 Å². The molecule has 0 bridgehead atoms. The molecule has 1 aromatic carbocycles. The second kappa shape index (κ2) is 6.23. The fourth-order valence-corrected chi connectivity index (χ4v) is 2.74. The summed E-state index contributed by atoms with van der Waals surface area (Å²) in [5.74, 6) is 0.613. The highest BCUT2D eigenvalue weighted by Gasteiger charge is 2.30. The first kappa shape index (κ1) is 17.0. The van der Waals surface area contributed by atoms with Crippen molar-refractivity contribution < 1.29 is 17.7 Å². The Kier molecular flexibility index (Phi) is 4.24. The van der Waals surface area contributed by atoms with Crippen LogP contribution in [0.3, 0.4) is 0 Å². The van der Waals surface area contributed by atoms with E-state index in [1.54, 1.807) is 32.2 Å². The van der Waals surface area contributed by atoms with E-state index in [4.69, 9.17) is 4.52 Å². The van der Waals surface area contributed by atoms with Crippen LogP contribution in [0.25, 0.3) is 11.1 Å². The average molecular weight is 348 g/mol. The van der Waals surface area contributed by atoms with Crippen molar-refractivity contribution in [3.8, 4) is 11.1 Å². The number of benzene rings is 1. The molecule has 0 saturated carbocycles. The van der Waals surface area contributed by atoms with Gasteiger partial charge in [0.1, 0.15) is 5.76 Å². The Morgan fingerprint density at radius 3 is 2.56 bits per heavy atom. The Bertz CT molecular complexity index is 951. The predicted octanol–water partition coefficient (Wildman–Crippen LogP) is 4.19. The second-order valence-corrected chi connectivity index (χ2v) is 5.78. The molecule has 0 aliphatic carbocycles. The largest absolute Gasteiger partial charge is 0.416 e. The van der Waals surface area contributed by atoms with Crippen LogP contribution in [0.1, 0.15) is 22.6 Å². The van der Waals surface area contributed by atoms with Crippen molar-refractivity contribution in [3.05, 3.63) is 75.5 Å². The van der Waals surface area contributed by atoms with Crippen LogP contribution in [0, 0.1) is 13.8 Å². The third-order valence-corrected chi connectivity index (χ3v) is 3.91. The highest BCUT2D eigenvalue weighted by molar-refractivity contribution is 5.66. The maximum absolute atomic E-state index is 12.8. The van der Waals surface area contributed by atoms with Crippen LogP contribution in [-0.4, -0.2) is 9.72 Å². The SMILES string of the molecule is Cc1noc(C)c1-c1ccc(=O)n(Cc2cccc(C(F)(F)F)c2)c1. The number of alkyl halides is 3. The quantitative estimate of drug-likeness (QED) is 0.713. The maximum atomic E-state index is 12.8. The van der Waals surface area contributed by atoms with Crippen molar-refractivity contribution in [3.63, 3.8) is 0 Å². The summed E-state index contributed by atoms with van der Waals surface area (Å²) in [6, 6.07) is 7.99. The first-order chi connectivity index (χ1) is 11.8. The summed E-state index contributed by atoms with van der Waals surface area (Å²) in [5.41, 5.74) is 1.54. The topological polar surface area (TPSA) is 48.0 Å². The van der Waals surface area contributed by atoms with Crippen molar-refractivity contribution in [2.75, 3.05) is 0 Å². The molecule has 0 amide bonds. The molecule has 0 N–H and O–H groups in total. The van der Waals surface area contributed by atoms with Crippen LogP contribution >= 0.6 is 0 Å². The molecule has 0 radical (unpaired) electrons. The number of nitrogens with zero attached hydrogens (tertiary/aromatic N) is 2. The number of aromatic nitrogens is 2. The summed E-state index contributed by atoms with van der Waals surface area (Å²) in [4.78, 5) is 12.1. The molecule has 4 nitrogen and oxygen atoms in total. The predicted molar refractivity (Wildman–Crippen MR) is 86.2 cm³/mol. The van der Waals surface area contributed by atoms with Gasteiger partial charge >= 0.3 is 6.18 Å². The van der Waals surface area contributed by atoms with Gasteiger partial charge in [-0.1, -0.05) is 17.3 Å². The third kappa shape index (κ3) is 3.50. The van der Waals surface area contributed by atoms with Gasteiger partial charge in [-0.15, -0.1) is 0 Å². The number of halogens is 3. The number of pyridine rings is 1. The van der Waals surface area contributed by atoms with E-state index >= 15 is 0 Å². The molecule has 2 heterocycles. The molecule has 0 fully saturated rings. The van der Waals surface area contributed by atoms with Gasteiger partial charge in [-0.25, -0.2) is 0 Å². The number of aryl methyl sites for hydroxylation is 2. The Labute approximate surface area is 141 Å². The molecule has 3 aromatic rings. The lowest BCUT2D eigenvalue weighted by atomic mass is 10.1. The molecular weight excluding hydrogens is 333 g/mol. The Balaban J connectivity index is 1.99. The second-order valence-electron chi connectivity index (χ2n) is 5.78. The van der Waals surface area contributed by atoms with Gasteiger partial charge in [0, 0.05) is 23.4 Å². The van der Waals surface area contributed by atoms with E-state index < -0.39 is 11.7 Å². The van der Waals surface area contributed by atoms with E-state index in [0.29, 0.717) is 17.0 Å². The lowest BCUT2D eigenvalue weighted by molar-refractivity contribution is -0.137. The van der Waals surface area contributed by atoms with Gasteiger partial charge in [0.25, 0.3) is 5.56 Å². The first-order valence-electron chi connectivity index (χ1n) is 7.55. The Morgan fingerprint density at radius 1 is 1.16 bits per heavy atom. The van der Waals surface area contributed by atoms with E-state index in [2.05, 4.69) is 5.16 Å². The van der Waals surface area contributed by atoms with Crippen molar-refractivity contribution >= 4 is 0 Å². The number of hydrogen-bond donors (Lipinski definition) is 0. The van der Waals surface area contributed by atoms with Crippen molar-refractivity contribution in [2.24, 2.45) is 0 Å². The zero-order chi connectivity index (χ0) is 18.2. The average Bonchev–Trinajstić information content (AvgIpc) is 2.88. The summed E-state index contributed by atoms with van der Waals surface area (Å²) in [5, 5.41) is 3.88. The van der Waals surface area contributed by atoms with E-state index in [0.717, 1.165) is 23.3 Å². The fraction of sp³-hybridized carbons (Fsp3) is 0.222. The molecule has 0 saturated heterocycles. The minimum atomic E-state index is -4.42. The van der Waals surface area contributed by atoms with Gasteiger partial charge in [-0.2, -0.15) is 13.2 Å². The zero-order valence-corrected chi connectivity index (χ0v) is 13.6.